The number of rotatable bonds is 3. The lowest BCUT2D eigenvalue weighted by Crippen LogP contribution is -2.09. The van der Waals surface area contributed by atoms with Gasteiger partial charge in [0.25, 0.3) is 0 Å². The van der Waals surface area contributed by atoms with Crippen molar-refractivity contribution < 1.29 is 4.74 Å². The first-order chi connectivity index (χ1) is 8.20. The van der Waals surface area contributed by atoms with Crippen molar-refractivity contribution in [3.63, 3.8) is 0 Å². The summed E-state index contributed by atoms with van der Waals surface area (Å²) in [6.07, 6.45) is 1.82. The van der Waals surface area contributed by atoms with Gasteiger partial charge in [0.1, 0.15) is 5.75 Å². The first kappa shape index (κ1) is 11.5. The van der Waals surface area contributed by atoms with Gasteiger partial charge in [0.05, 0.1) is 7.11 Å². The summed E-state index contributed by atoms with van der Waals surface area (Å²) in [5.41, 5.74) is 3.27. The molecule has 0 saturated heterocycles. The van der Waals surface area contributed by atoms with Gasteiger partial charge >= 0.3 is 0 Å². The Bertz CT molecular complexity index is 494. The van der Waals surface area contributed by atoms with E-state index >= 15 is 0 Å². The van der Waals surface area contributed by atoms with Crippen LogP contribution in [0.15, 0.2) is 42.6 Å². The number of anilines is 2. The number of nitrogens with zero attached hydrogens (tertiary/aromatic N) is 2. The number of pyridine rings is 1. The van der Waals surface area contributed by atoms with Gasteiger partial charge < -0.3 is 9.64 Å². The molecule has 1 aromatic carbocycles. The highest BCUT2D eigenvalue weighted by molar-refractivity contribution is 5.62. The second-order valence-electron chi connectivity index (χ2n) is 3.91. The Morgan fingerprint density at radius 2 is 1.76 bits per heavy atom. The minimum absolute atomic E-state index is 0.869. The van der Waals surface area contributed by atoms with E-state index in [0.29, 0.717) is 0 Å². The molecule has 0 aliphatic rings. The van der Waals surface area contributed by atoms with Crippen LogP contribution in [0, 0.1) is 6.92 Å². The van der Waals surface area contributed by atoms with Crippen molar-refractivity contribution in [3.8, 4) is 5.75 Å². The minimum Gasteiger partial charge on any atom is -0.497 e. The molecule has 0 saturated carbocycles. The average Bonchev–Trinajstić information content (AvgIpc) is 2.38. The highest BCUT2D eigenvalue weighted by Crippen LogP contribution is 2.25. The molecule has 0 spiro atoms. The number of aromatic nitrogens is 1. The Labute approximate surface area is 102 Å². The van der Waals surface area contributed by atoms with E-state index in [1.807, 2.05) is 50.5 Å². The highest BCUT2D eigenvalue weighted by atomic mass is 16.5. The summed E-state index contributed by atoms with van der Waals surface area (Å²) in [7, 11) is 3.71. The molecular weight excluding hydrogens is 212 g/mol. The number of hydrogen-bond acceptors (Lipinski definition) is 3. The van der Waals surface area contributed by atoms with Crippen molar-refractivity contribution in [2.75, 3.05) is 19.1 Å². The molecule has 0 aliphatic carbocycles. The number of hydrogen-bond donors (Lipinski definition) is 0. The highest BCUT2D eigenvalue weighted by Gasteiger charge is 2.04. The molecule has 3 heteroatoms. The Balaban J connectivity index is 2.27. The lowest BCUT2D eigenvalue weighted by atomic mass is 10.2. The molecule has 0 fully saturated rings. The van der Waals surface area contributed by atoms with Crippen LogP contribution in [0.2, 0.25) is 0 Å². The van der Waals surface area contributed by atoms with Crippen LogP contribution in [0.25, 0.3) is 0 Å². The van der Waals surface area contributed by atoms with E-state index in [2.05, 4.69) is 16.0 Å². The molecule has 3 nitrogen and oxygen atoms in total. The molecule has 17 heavy (non-hydrogen) atoms. The zero-order valence-corrected chi connectivity index (χ0v) is 10.3. The van der Waals surface area contributed by atoms with Gasteiger partial charge in [-0.15, -0.1) is 0 Å². The largest absolute Gasteiger partial charge is 0.497 e. The third kappa shape index (κ3) is 2.56. The van der Waals surface area contributed by atoms with Crippen LogP contribution in [0.3, 0.4) is 0 Å². The van der Waals surface area contributed by atoms with Crippen LogP contribution >= 0.6 is 0 Å². The maximum Gasteiger partial charge on any atom is 0.119 e. The normalized spacial score (nSPS) is 10.1. The molecule has 2 rings (SSSR count). The standard InChI is InChI=1S/C14H16N2O/c1-11-10-13(8-9-15-11)16(2)12-4-6-14(17-3)7-5-12/h4-10H,1-3H3. The smallest absolute Gasteiger partial charge is 0.119 e. The molecular formula is C14H16N2O. The topological polar surface area (TPSA) is 25.4 Å². The van der Waals surface area contributed by atoms with E-state index < -0.39 is 0 Å². The Hall–Kier alpha value is -2.03. The maximum absolute atomic E-state index is 5.15. The Morgan fingerprint density at radius 3 is 2.35 bits per heavy atom. The lowest BCUT2D eigenvalue weighted by molar-refractivity contribution is 0.415. The third-order valence-corrected chi connectivity index (χ3v) is 2.73. The summed E-state index contributed by atoms with van der Waals surface area (Å²) in [6, 6.07) is 12.0. The predicted octanol–water partition coefficient (Wildman–Crippen LogP) is 3.17. The Kier molecular flexibility index (Phi) is 3.28. The SMILES string of the molecule is COc1ccc(N(C)c2ccnc(C)c2)cc1. The molecule has 0 radical (unpaired) electrons. The number of ether oxygens (including phenoxy) is 1. The molecule has 0 N–H and O–H groups in total. The van der Waals surface area contributed by atoms with E-state index in [4.69, 9.17) is 4.74 Å². The van der Waals surface area contributed by atoms with Gasteiger partial charge in [0.2, 0.25) is 0 Å². The first-order valence-corrected chi connectivity index (χ1v) is 5.51. The van der Waals surface area contributed by atoms with Gasteiger partial charge in [-0.25, -0.2) is 0 Å². The summed E-state index contributed by atoms with van der Waals surface area (Å²) in [6.45, 7) is 1.99. The molecule has 0 unspecified atom stereocenters. The number of methoxy groups -OCH3 is 1. The lowest BCUT2D eigenvalue weighted by Gasteiger charge is -2.19. The summed E-state index contributed by atoms with van der Waals surface area (Å²) in [5.74, 6) is 0.869. The van der Waals surface area contributed by atoms with E-state index in [-0.39, 0.29) is 0 Å². The summed E-state index contributed by atoms with van der Waals surface area (Å²) >= 11 is 0. The molecule has 2 aromatic rings. The van der Waals surface area contributed by atoms with Crippen molar-refractivity contribution in [3.05, 3.63) is 48.3 Å². The molecule has 1 aromatic heterocycles. The fourth-order valence-corrected chi connectivity index (χ4v) is 1.69. The van der Waals surface area contributed by atoms with E-state index in [1.54, 1.807) is 7.11 Å². The van der Waals surface area contributed by atoms with Gasteiger partial charge in [0.15, 0.2) is 0 Å². The van der Waals surface area contributed by atoms with E-state index in [1.165, 1.54) is 0 Å². The predicted molar refractivity (Wildman–Crippen MR) is 70.0 cm³/mol. The molecule has 1 heterocycles. The molecule has 0 amide bonds. The fourth-order valence-electron chi connectivity index (χ4n) is 1.69. The quantitative estimate of drug-likeness (QED) is 0.806. The van der Waals surface area contributed by atoms with Gasteiger partial charge in [-0.2, -0.15) is 0 Å². The summed E-state index contributed by atoms with van der Waals surface area (Å²) < 4.78 is 5.15. The minimum atomic E-state index is 0.869. The van der Waals surface area contributed by atoms with Crippen LogP contribution in [0.4, 0.5) is 11.4 Å². The third-order valence-electron chi connectivity index (χ3n) is 2.73. The molecule has 0 atom stereocenters. The molecule has 0 aliphatic heterocycles. The van der Waals surface area contributed by atoms with Crippen molar-refractivity contribution >= 4 is 11.4 Å². The first-order valence-electron chi connectivity index (χ1n) is 5.51. The van der Waals surface area contributed by atoms with Crippen LogP contribution in [0.5, 0.6) is 5.75 Å². The van der Waals surface area contributed by atoms with Gasteiger partial charge in [-0.1, -0.05) is 0 Å². The van der Waals surface area contributed by atoms with Gasteiger partial charge in [-0.3, -0.25) is 4.98 Å². The zero-order chi connectivity index (χ0) is 12.3. The van der Waals surface area contributed by atoms with Gasteiger partial charge in [0, 0.05) is 30.3 Å². The monoisotopic (exact) mass is 228 g/mol. The second kappa shape index (κ2) is 4.87. The van der Waals surface area contributed by atoms with Crippen molar-refractivity contribution in [1.82, 2.24) is 4.98 Å². The van der Waals surface area contributed by atoms with Crippen LogP contribution < -0.4 is 9.64 Å². The number of benzene rings is 1. The number of aryl methyl sites for hydroxylation is 1. The Morgan fingerprint density at radius 1 is 1.06 bits per heavy atom. The molecule has 88 valence electrons. The van der Waals surface area contributed by atoms with Crippen molar-refractivity contribution in [2.24, 2.45) is 0 Å². The van der Waals surface area contributed by atoms with Crippen molar-refractivity contribution in [2.45, 2.75) is 6.92 Å². The second-order valence-corrected chi connectivity index (χ2v) is 3.91. The molecule has 0 bridgehead atoms. The van der Waals surface area contributed by atoms with Crippen LogP contribution in [-0.2, 0) is 0 Å². The van der Waals surface area contributed by atoms with Crippen LogP contribution in [-0.4, -0.2) is 19.1 Å². The fraction of sp³-hybridized carbons (Fsp3) is 0.214. The zero-order valence-electron chi connectivity index (χ0n) is 10.3. The van der Waals surface area contributed by atoms with Gasteiger partial charge in [-0.05, 0) is 43.3 Å². The van der Waals surface area contributed by atoms with Crippen LogP contribution in [0.1, 0.15) is 5.69 Å². The maximum atomic E-state index is 5.15. The van der Waals surface area contributed by atoms with E-state index in [0.717, 1.165) is 22.8 Å². The average molecular weight is 228 g/mol. The summed E-state index contributed by atoms with van der Waals surface area (Å²) in [4.78, 5) is 6.32. The van der Waals surface area contributed by atoms with E-state index in [9.17, 15) is 0 Å². The summed E-state index contributed by atoms with van der Waals surface area (Å²) in [5, 5.41) is 0. The van der Waals surface area contributed by atoms with Crippen molar-refractivity contribution in [1.29, 1.82) is 0 Å².